The summed E-state index contributed by atoms with van der Waals surface area (Å²) < 4.78 is 72.1. The van der Waals surface area contributed by atoms with Crippen molar-refractivity contribution in [2.45, 2.75) is 141 Å². The van der Waals surface area contributed by atoms with E-state index in [0.29, 0.717) is 30.8 Å². The lowest BCUT2D eigenvalue weighted by molar-refractivity contribution is -0.345. The van der Waals surface area contributed by atoms with Crippen LogP contribution >= 0.6 is 11.6 Å². The van der Waals surface area contributed by atoms with Gasteiger partial charge in [0.2, 0.25) is 0 Å². The fourth-order valence-corrected chi connectivity index (χ4v) is 7.90. The standard InChI is InChI=1S/C40H55ClF4N2O5/c1-26-11-9-14-31(33(26)27-15-17-30(18-16-27)50-40(43,44)45)34(35(48)51-37(2,3)4)46(8)22-19-32(28-12-10-13-29(41)25-28)39(42)20-23-47(24-21-39)36(49)52-38(5,6)7/h9-14,25,27,30,32,34H,15-24H2,1-8H3. The van der Waals surface area contributed by atoms with E-state index in [0.717, 1.165) is 22.3 Å². The Morgan fingerprint density at radius 2 is 1.54 bits per heavy atom. The van der Waals surface area contributed by atoms with Gasteiger partial charge in [0.1, 0.15) is 22.9 Å². The zero-order valence-corrected chi connectivity index (χ0v) is 32.5. The normalized spacial score (nSPS) is 21.1. The maximum atomic E-state index is 17.3. The molecule has 1 heterocycles. The van der Waals surface area contributed by atoms with E-state index in [1.807, 2.05) is 43.1 Å². The third-order valence-electron chi connectivity index (χ3n) is 10.00. The van der Waals surface area contributed by atoms with Crippen molar-refractivity contribution in [1.29, 1.82) is 0 Å². The smallest absolute Gasteiger partial charge is 0.459 e. The van der Waals surface area contributed by atoms with Crippen molar-refractivity contribution in [3.63, 3.8) is 0 Å². The molecule has 2 unspecified atom stereocenters. The second-order valence-corrected chi connectivity index (χ2v) is 16.9. The molecule has 1 aliphatic carbocycles. The predicted octanol–water partition coefficient (Wildman–Crippen LogP) is 10.4. The first kappa shape index (κ1) is 41.9. The summed E-state index contributed by atoms with van der Waals surface area (Å²) in [6, 6.07) is 12.0. The predicted molar refractivity (Wildman–Crippen MR) is 194 cm³/mol. The molecule has 2 aromatic rings. The average Bonchev–Trinajstić information content (AvgIpc) is 3.00. The van der Waals surface area contributed by atoms with Crippen LogP contribution < -0.4 is 0 Å². The Hall–Kier alpha value is -2.89. The minimum Gasteiger partial charge on any atom is -0.459 e. The molecule has 2 atom stereocenters. The minimum absolute atomic E-state index is 0.0777. The fraction of sp³-hybridized carbons (Fsp3) is 0.650. The van der Waals surface area contributed by atoms with Crippen molar-refractivity contribution in [2.75, 3.05) is 26.7 Å². The molecule has 0 spiro atoms. The highest BCUT2D eigenvalue weighted by atomic mass is 35.5. The Balaban J connectivity index is 1.62. The number of hydrogen-bond acceptors (Lipinski definition) is 6. The SMILES string of the molecule is Cc1cccc(C(C(=O)OC(C)(C)C)N(C)CCC(c2cccc(Cl)c2)C2(F)CCN(C(=O)OC(C)(C)C)CC2)c1C1CCC(OC(F)(F)F)CC1. The molecule has 7 nitrogen and oxygen atoms in total. The van der Waals surface area contributed by atoms with Gasteiger partial charge in [-0.05, 0) is 147 Å². The molecule has 0 aromatic heterocycles. The zero-order valence-electron chi connectivity index (χ0n) is 31.7. The quantitative estimate of drug-likeness (QED) is 0.178. The summed E-state index contributed by atoms with van der Waals surface area (Å²) in [6.45, 7) is 13.4. The topological polar surface area (TPSA) is 68.3 Å². The lowest BCUT2D eigenvalue weighted by atomic mass is 9.75. The van der Waals surface area contributed by atoms with Gasteiger partial charge >= 0.3 is 18.4 Å². The molecule has 1 saturated carbocycles. The van der Waals surface area contributed by atoms with Crippen molar-refractivity contribution in [3.05, 3.63) is 69.7 Å². The van der Waals surface area contributed by atoms with Crippen LogP contribution in [0.5, 0.6) is 0 Å². The highest BCUT2D eigenvalue weighted by Gasteiger charge is 2.45. The van der Waals surface area contributed by atoms with Gasteiger partial charge in [0.15, 0.2) is 0 Å². The van der Waals surface area contributed by atoms with Crippen LogP contribution in [0.25, 0.3) is 0 Å². The average molecular weight is 755 g/mol. The Morgan fingerprint density at radius 1 is 0.942 bits per heavy atom. The number of rotatable bonds is 10. The van der Waals surface area contributed by atoms with Crippen molar-refractivity contribution < 1.29 is 41.4 Å². The molecule has 1 amide bonds. The van der Waals surface area contributed by atoms with Gasteiger partial charge in [-0.25, -0.2) is 14.0 Å². The molecule has 1 aliphatic heterocycles. The van der Waals surface area contributed by atoms with E-state index in [-0.39, 0.29) is 44.7 Å². The number of amides is 1. The van der Waals surface area contributed by atoms with Crippen LogP contribution in [0.1, 0.15) is 127 Å². The van der Waals surface area contributed by atoms with E-state index in [4.69, 9.17) is 21.1 Å². The van der Waals surface area contributed by atoms with Crippen LogP contribution in [0.4, 0.5) is 22.4 Å². The van der Waals surface area contributed by atoms with Crippen molar-refractivity contribution in [3.8, 4) is 0 Å². The molecule has 0 bridgehead atoms. The molecule has 0 N–H and O–H groups in total. The summed E-state index contributed by atoms with van der Waals surface area (Å²) in [4.78, 5) is 30.4. The number of likely N-dealkylation sites (tertiary alicyclic amines) is 1. The molecule has 4 rings (SSSR count). The zero-order chi connectivity index (χ0) is 38.6. The lowest BCUT2D eigenvalue weighted by Gasteiger charge is -2.42. The Labute approximate surface area is 311 Å². The van der Waals surface area contributed by atoms with Gasteiger partial charge in [-0.3, -0.25) is 9.64 Å². The van der Waals surface area contributed by atoms with Crippen LogP contribution in [0.2, 0.25) is 5.02 Å². The number of ether oxygens (including phenoxy) is 3. The maximum Gasteiger partial charge on any atom is 0.522 e. The van der Waals surface area contributed by atoms with Crippen LogP contribution in [0.15, 0.2) is 42.5 Å². The molecule has 1 saturated heterocycles. The summed E-state index contributed by atoms with van der Waals surface area (Å²) in [7, 11) is 1.82. The summed E-state index contributed by atoms with van der Waals surface area (Å²) in [5, 5.41) is 0.483. The van der Waals surface area contributed by atoms with E-state index < -0.39 is 53.4 Å². The van der Waals surface area contributed by atoms with Gasteiger partial charge in [0, 0.05) is 24.0 Å². The summed E-state index contributed by atoms with van der Waals surface area (Å²) in [5.41, 5.74) is 0.208. The molecule has 2 aliphatic rings. The highest BCUT2D eigenvalue weighted by molar-refractivity contribution is 6.30. The third-order valence-corrected chi connectivity index (χ3v) is 10.2. The van der Waals surface area contributed by atoms with E-state index in [1.54, 1.807) is 64.6 Å². The number of carbonyl (C=O) groups is 2. The second-order valence-electron chi connectivity index (χ2n) is 16.4. The molecule has 12 heteroatoms. The molecular formula is C40H55ClF4N2O5. The molecule has 52 heavy (non-hydrogen) atoms. The van der Waals surface area contributed by atoms with E-state index >= 15 is 4.39 Å². The van der Waals surface area contributed by atoms with Crippen molar-refractivity contribution in [1.82, 2.24) is 9.80 Å². The second kappa shape index (κ2) is 16.6. The van der Waals surface area contributed by atoms with Gasteiger partial charge in [-0.2, -0.15) is 0 Å². The van der Waals surface area contributed by atoms with Gasteiger partial charge in [-0.1, -0.05) is 41.9 Å². The summed E-state index contributed by atoms with van der Waals surface area (Å²) in [6.07, 6.45) is -4.07. The van der Waals surface area contributed by atoms with Crippen molar-refractivity contribution in [2.24, 2.45) is 0 Å². The first-order chi connectivity index (χ1) is 24.1. The molecule has 2 aromatic carbocycles. The fourth-order valence-electron chi connectivity index (χ4n) is 7.70. The number of carbonyl (C=O) groups excluding carboxylic acids is 2. The number of benzene rings is 2. The number of piperidine rings is 1. The Bertz CT molecular complexity index is 1520. The number of alkyl halides is 4. The number of halogens is 5. The lowest BCUT2D eigenvalue weighted by Crippen LogP contribution is -2.49. The molecule has 290 valence electrons. The Kier molecular flexibility index (Phi) is 13.4. The van der Waals surface area contributed by atoms with Crippen LogP contribution in [0.3, 0.4) is 0 Å². The van der Waals surface area contributed by atoms with E-state index in [9.17, 15) is 22.8 Å². The summed E-state index contributed by atoms with van der Waals surface area (Å²) in [5.74, 6) is -1.14. The molecular weight excluding hydrogens is 700 g/mol. The van der Waals surface area contributed by atoms with E-state index in [2.05, 4.69) is 4.74 Å². The largest absolute Gasteiger partial charge is 0.522 e. The van der Waals surface area contributed by atoms with Crippen LogP contribution in [-0.4, -0.2) is 77.9 Å². The molecule has 0 radical (unpaired) electrons. The highest BCUT2D eigenvalue weighted by Crippen LogP contribution is 2.45. The van der Waals surface area contributed by atoms with Gasteiger partial charge in [-0.15, -0.1) is 13.2 Å². The van der Waals surface area contributed by atoms with Gasteiger partial charge in [0.25, 0.3) is 0 Å². The van der Waals surface area contributed by atoms with Gasteiger partial charge < -0.3 is 14.4 Å². The van der Waals surface area contributed by atoms with Gasteiger partial charge in [0.05, 0.1) is 6.10 Å². The van der Waals surface area contributed by atoms with E-state index in [1.165, 1.54) is 0 Å². The monoisotopic (exact) mass is 754 g/mol. The number of aryl methyl sites for hydroxylation is 1. The van der Waals surface area contributed by atoms with Crippen LogP contribution in [-0.2, 0) is 19.0 Å². The van der Waals surface area contributed by atoms with Crippen molar-refractivity contribution >= 4 is 23.7 Å². The Morgan fingerprint density at radius 3 is 2.10 bits per heavy atom. The maximum absolute atomic E-state index is 17.3. The number of esters is 1. The summed E-state index contributed by atoms with van der Waals surface area (Å²) >= 11 is 6.42. The number of nitrogens with zero attached hydrogens (tertiary/aromatic N) is 2. The third kappa shape index (κ3) is 11.6. The van der Waals surface area contributed by atoms with Crippen LogP contribution in [0, 0.1) is 6.92 Å². The minimum atomic E-state index is -4.69. The number of hydrogen-bond donors (Lipinski definition) is 0. The first-order valence-electron chi connectivity index (χ1n) is 18.2. The molecule has 2 fully saturated rings. The first-order valence-corrected chi connectivity index (χ1v) is 18.6. The number of likely N-dealkylation sites (N-methyl/N-ethyl adjacent to an activating group) is 1.